The molecule has 140 valence electrons. The SMILES string of the molecule is C=CS/C(=C(\C)NC)C(CC)(C1=CCC2(CCC2)CC1)c1ccccc1. The summed E-state index contributed by atoms with van der Waals surface area (Å²) in [6.07, 6.45) is 11.8. The smallest absolute Gasteiger partial charge is 0.0488 e. The molecule has 0 heterocycles. The second-order valence-electron chi connectivity index (χ2n) is 7.90. The van der Waals surface area contributed by atoms with E-state index in [1.165, 1.54) is 54.7 Å². The van der Waals surface area contributed by atoms with Gasteiger partial charge in [-0.15, -0.1) is 11.8 Å². The van der Waals surface area contributed by atoms with Crippen molar-refractivity contribution in [3.63, 3.8) is 0 Å². The van der Waals surface area contributed by atoms with Crippen LogP contribution in [-0.2, 0) is 5.41 Å². The molecule has 26 heavy (non-hydrogen) atoms. The Morgan fingerprint density at radius 1 is 1.27 bits per heavy atom. The maximum absolute atomic E-state index is 4.03. The van der Waals surface area contributed by atoms with E-state index in [2.05, 4.69) is 62.2 Å². The number of benzene rings is 1. The van der Waals surface area contributed by atoms with Crippen LogP contribution in [0.5, 0.6) is 0 Å². The number of nitrogens with one attached hydrogen (secondary N) is 1. The Bertz CT molecular complexity index is 696. The molecule has 1 fully saturated rings. The van der Waals surface area contributed by atoms with E-state index in [0.29, 0.717) is 5.41 Å². The van der Waals surface area contributed by atoms with Gasteiger partial charge in [-0.3, -0.25) is 0 Å². The van der Waals surface area contributed by atoms with Crippen molar-refractivity contribution in [2.24, 2.45) is 5.41 Å². The molecular formula is C24H33NS. The minimum Gasteiger partial charge on any atom is -0.391 e. The number of thioether (sulfide) groups is 1. The average Bonchev–Trinajstić information content (AvgIpc) is 2.67. The Kier molecular flexibility index (Phi) is 6.02. The van der Waals surface area contributed by atoms with Crippen LogP contribution in [0.25, 0.3) is 0 Å². The summed E-state index contributed by atoms with van der Waals surface area (Å²) in [5.74, 6) is 0. The number of hydrogen-bond acceptors (Lipinski definition) is 2. The van der Waals surface area contributed by atoms with Gasteiger partial charge in [0.05, 0.1) is 0 Å². The van der Waals surface area contributed by atoms with E-state index in [4.69, 9.17) is 0 Å². The predicted octanol–water partition coefficient (Wildman–Crippen LogP) is 6.94. The van der Waals surface area contributed by atoms with Gasteiger partial charge in [0, 0.05) is 23.1 Å². The Hall–Kier alpha value is -1.41. The summed E-state index contributed by atoms with van der Waals surface area (Å²) < 4.78 is 0. The standard InChI is InChI=1S/C24H33NS/c1-5-24(20-11-8-7-9-12-20,22(26-6-2)19(3)25-4)21-13-17-23(18-14-21)15-10-16-23/h6-9,11-13,25H,2,5,10,14-18H2,1,3-4H3/b22-19+. The molecule has 1 N–H and O–H groups in total. The van der Waals surface area contributed by atoms with Gasteiger partial charge in [-0.2, -0.15) is 0 Å². The molecular weight excluding hydrogens is 334 g/mol. The zero-order valence-electron chi connectivity index (χ0n) is 16.6. The summed E-state index contributed by atoms with van der Waals surface area (Å²) in [7, 11) is 2.03. The first kappa shape index (κ1) is 19.4. The fraction of sp³-hybridized carbons (Fsp3) is 0.500. The maximum atomic E-state index is 4.03. The van der Waals surface area contributed by atoms with Crippen LogP contribution in [0.3, 0.4) is 0 Å². The first-order chi connectivity index (χ1) is 12.6. The zero-order chi connectivity index (χ0) is 18.6. The molecule has 1 unspecified atom stereocenters. The van der Waals surface area contributed by atoms with Gasteiger partial charge in [0.1, 0.15) is 0 Å². The lowest BCUT2D eigenvalue weighted by atomic mass is 9.58. The Morgan fingerprint density at radius 2 is 2.00 bits per heavy atom. The lowest BCUT2D eigenvalue weighted by Gasteiger charge is -2.48. The van der Waals surface area contributed by atoms with Gasteiger partial charge in [0.2, 0.25) is 0 Å². The zero-order valence-corrected chi connectivity index (χ0v) is 17.4. The molecule has 1 atom stereocenters. The van der Waals surface area contributed by atoms with Crippen LogP contribution in [0.1, 0.15) is 64.4 Å². The molecule has 1 nitrogen and oxygen atoms in total. The molecule has 3 rings (SSSR count). The van der Waals surface area contributed by atoms with Gasteiger partial charge in [0.15, 0.2) is 0 Å². The highest BCUT2D eigenvalue weighted by Gasteiger charge is 2.44. The minimum atomic E-state index is -0.0431. The summed E-state index contributed by atoms with van der Waals surface area (Å²) in [6, 6.07) is 11.1. The van der Waals surface area contributed by atoms with Crippen LogP contribution < -0.4 is 5.32 Å². The summed E-state index contributed by atoms with van der Waals surface area (Å²) >= 11 is 1.79. The number of allylic oxidation sites excluding steroid dienone is 4. The Labute approximate surface area is 164 Å². The molecule has 0 amide bonds. The van der Waals surface area contributed by atoms with Crippen molar-refractivity contribution >= 4 is 11.8 Å². The second-order valence-corrected chi connectivity index (χ2v) is 8.88. The molecule has 1 aromatic carbocycles. The Morgan fingerprint density at radius 3 is 2.46 bits per heavy atom. The average molecular weight is 368 g/mol. The van der Waals surface area contributed by atoms with Crippen LogP contribution in [0.4, 0.5) is 0 Å². The minimum absolute atomic E-state index is 0.0431. The predicted molar refractivity (Wildman–Crippen MR) is 116 cm³/mol. The van der Waals surface area contributed by atoms with Crippen LogP contribution in [-0.4, -0.2) is 7.05 Å². The van der Waals surface area contributed by atoms with Crippen molar-refractivity contribution < 1.29 is 0 Å². The van der Waals surface area contributed by atoms with E-state index in [-0.39, 0.29) is 5.41 Å². The summed E-state index contributed by atoms with van der Waals surface area (Å²) in [5.41, 5.74) is 4.87. The van der Waals surface area contributed by atoms with Crippen molar-refractivity contribution in [3.05, 3.63) is 70.1 Å². The molecule has 0 aromatic heterocycles. The number of rotatable bonds is 7. The third-order valence-electron chi connectivity index (χ3n) is 6.77. The second kappa shape index (κ2) is 8.08. The largest absolute Gasteiger partial charge is 0.391 e. The van der Waals surface area contributed by atoms with Crippen LogP contribution >= 0.6 is 11.8 Å². The topological polar surface area (TPSA) is 12.0 Å². The van der Waals surface area contributed by atoms with E-state index in [1.807, 2.05) is 12.5 Å². The van der Waals surface area contributed by atoms with E-state index in [9.17, 15) is 0 Å². The molecule has 1 aromatic rings. The van der Waals surface area contributed by atoms with Gasteiger partial charge < -0.3 is 5.32 Å². The van der Waals surface area contributed by atoms with Crippen molar-refractivity contribution in [2.75, 3.05) is 7.05 Å². The van der Waals surface area contributed by atoms with Crippen molar-refractivity contribution in [2.45, 2.75) is 64.2 Å². The van der Waals surface area contributed by atoms with Crippen LogP contribution in [0, 0.1) is 5.41 Å². The van der Waals surface area contributed by atoms with E-state index in [1.54, 1.807) is 17.3 Å². The molecule has 0 saturated heterocycles. The normalized spacial score (nSPS) is 21.9. The van der Waals surface area contributed by atoms with Gasteiger partial charge in [-0.05, 0) is 61.8 Å². The molecule has 1 spiro atoms. The fourth-order valence-electron chi connectivity index (χ4n) is 4.94. The van der Waals surface area contributed by atoms with Crippen molar-refractivity contribution in [1.29, 1.82) is 0 Å². The third kappa shape index (κ3) is 3.29. The van der Waals surface area contributed by atoms with Crippen LogP contribution in [0.2, 0.25) is 0 Å². The lowest BCUT2D eigenvalue weighted by molar-refractivity contribution is 0.114. The summed E-state index contributed by atoms with van der Waals surface area (Å²) in [6.45, 7) is 8.58. The van der Waals surface area contributed by atoms with Gasteiger partial charge in [0.25, 0.3) is 0 Å². The highest BCUT2D eigenvalue weighted by atomic mass is 32.2. The monoisotopic (exact) mass is 367 g/mol. The first-order valence-corrected chi connectivity index (χ1v) is 10.9. The summed E-state index contributed by atoms with van der Waals surface area (Å²) in [4.78, 5) is 1.40. The fourth-order valence-corrected chi connectivity index (χ4v) is 5.98. The van der Waals surface area contributed by atoms with Gasteiger partial charge >= 0.3 is 0 Å². The van der Waals surface area contributed by atoms with E-state index in [0.717, 1.165) is 6.42 Å². The van der Waals surface area contributed by atoms with Crippen molar-refractivity contribution in [1.82, 2.24) is 5.32 Å². The lowest BCUT2D eigenvalue weighted by Crippen LogP contribution is -2.37. The van der Waals surface area contributed by atoms with Gasteiger partial charge in [-0.25, -0.2) is 0 Å². The molecule has 0 radical (unpaired) electrons. The van der Waals surface area contributed by atoms with Gasteiger partial charge in [-0.1, -0.05) is 61.9 Å². The maximum Gasteiger partial charge on any atom is 0.0488 e. The Balaban J connectivity index is 2.14. The molecule has 2 aliphatic rings. The third-order valence-corrected chi connectivity index (χ3v) is 7.83. The molecule has 2 aliphatic carbocycles. The number of hydrogen-bond donors (Lipinski definition) is 1. The molecule has 2 heteroatoms. The highest BCUT2D eigenvalue weighted by Crippen LogP contribution is 2.56. The molecule has 0 bridgehead atoms. The molecule has 0 aliphatic heterocycles. The highest BCUT2D eigenvalue weighted by molar-refractivity contribution is 8.05. The van der Waals surface area contributed by atoms with Crippen molar-refractivity contribution in [3.8, 4) is 0 Å². The quantitative estimate of drug-likeness (QED) is 0.524. The summed E-state index contributed by atoms with van der Waals surface area (Å²) in [5, 5.41) is 5.41. The first-order valence-electron chi connectivity index (χ1n) is 10.0. The van der Waals surface area contributed by atoms with E-state index < -0.39 is 0 Å². The van der Waals surface area contributed by atoms with E-state index >= 15 is 0 Å². The van der Waals surface area contributed by atoms with Crippen LogP contribution in [0.15, 0.2) is 64.6 Å². The molecule has 1 saturated carbocycles.